The highest BCUT2D eigenvalue weighted by Gasteiger charge is 2.24. The van der Waals surface area contributed by atoms with Crippen molar-refractivity contribution in [3.8, 4) is 0 Å². The van der Waals surface area contributed by atoms with Crippen LogP contribution < -0.4 is 5.32 Å². The lowest BCUT2D eigenvalue weighted by molar-refractivity contribution is -0.122. The van der Waals surface area contributed by atoms with Gasteiger partial charge in [-0.2, -0.15) is 0 Å². The lowest BCUT2D eigenvalue weighted by Crippen LogP contribution is -2.46. The Morgan fingerprint density at radius 1 is 1.37 bits per heavy atom. The van der Waals surface area contributed by atoms with E-state index < -0.39 is 0 Å². The van der Waals surface area contributed by atoms with Gasteiger partial charge in [-0.15, -0.1) is 11.6 Å². The third kappa shape index (κ3) is 6.14. The van der Waals surface area contributed by atoms with Gasteiger partial charge in [0, 0.05) is 25.6 Å². The number of carbonyl (C=O) groups is 2. The summed E-state index contributed by atoms with van der Waals surface area (Å²) in [4.78, 5) is 24.9. The maximum atomic E-state index is 11.6. The van der Waals surface area contributed by atoms with Gasteiger partial charge in [0.25, 0.3) is 0 Å². The summed E-state index contributed by atoms with van der Waals surface area (Å²) in [5, 5.41) is 3.01. The summed E-state index contributed by atoms with van der Waals surface area (Å²) in [7, 11) is 0. The van der Waals surface area contributed by atoms with Crippen molar-refractivity contribution in [1.29, 1.82) is 0 Å². The summed E-state index contributed by atoms with van der Waals surface area (Å²) in [5.74, 6) is 0.775. The second kappa shape index (κ2) is 8.25. The Morgan fingerprint density at radius 3 is 2.53 bits per heavy atom. The molecule has 110 valence electrons. The lowest BCUT2D eigenvalue weighted by atomic mass is 10.0. The Hall–Kier alpha value is -0.970. The smallest absolute Gasteiger partial charge is 0.409 e. The van der Waals surface area contributed by atoms with Crippen LogP contribution in [0.25, 0.3) is 0 Å². The molecule has 0 radical (unpaired) electrons. The SMILES string of the molecule is CC(C)CC(=O)NC1CCN(C(=O)OCCCl)CC1. The number of hydrogen-bond donors (Lipinski definition) is 1. The van der Waals surface area contributed by atoms with Crippen molar-refractivity contribution in [2.75, 3.05) is 25.6 Å². The predicted molar refractivity (Wildman–Crippen MR) is 74.3 cm³/mol. The van der Waals surface area contributed by atoms with Crippen molar-refractivity contribution in [2.45, 2.75) is 39.2 Å². The highest BCUT2D eigenvalue weighted by Crippen LogP contribution is 2.12. The van der Waals surface area contributed by atoms with Crippen molar-refractivity contribution in [3.63, 3.8) is 0 Å². The van der Waals surface area contributed by atoms with Crippen LogP contribution in [0.15, 0.2) is 0 Å². The highest BCUT2D eigenvalue weighted by molar-refractivity contribution is 6.18. The molecule has 0 unspecified atom stereocenters. The van der Waals surface area contributed by atoms with Gasteiger partial charge < -0.3 is 15.0 Å². The third-order valence-corrected chi connectivity index (χ3v) is 3.17. The van der Waals surface area contributed by atoms with Gasteiger partial charge in [0.1, 0.15) is 6.61 Å². The van der Waals surface area contributed by atoms with Gasteiger partial charge >= 0.3 is 6.09 Å². The van der Waals surface area contributed by atoms with E-state index in [1.807, 2.05) is 13.8 Å². The molecular weight excluding hydrogens is 268 g/mol. The van der Waals surface area contributed by atoms with Gasteiger partial charge in [-0.3, -0.25) is 4.79 Å². The second-order valence-corrected chi connectivity index (χ2v) is 5.61. The van der Waals surface area contributed by atoms with E-state index in [2.05, 4.69) is 5.32 Å². The van der Waals surface area contributed by atoms with Crippen LogP contribution in [0.2, 0.25) is 0 Å². The molecule has 0 aromatic rings. The number of nitrogens with zero attached hydrogens (tertiary/aromatic N) is 1. The van der Waals surface area contributed by atoms with Crippen LogP contribution in [0.5, 0.6) is 0 Å². The fraction of sp³-hybridized carbons (Fsp3) is 0.846. The van der Waals surface area contributed by atoms with Crippen LogP contribution in [-0.2, 0) is 9.53 Å². The average molecular weight is 291 g/mol. The number of rotatable bonds is 5. The van der Waals surface area contributed by atoms with Crippen LogP contribution in [0.3, 0.4) is 0 Å². The molecule has 1 aliphatic heterocycles. The van der Waals surface area contributed by atoms with E-state index in [9.17, 15) is 9.59 Å². The van der Waals surface area contributed by atoms with Crippen molar-refractivity contribution in [3.05, 3.63) is 0 Å². The number of ether oxygens (including phenoxy) is 1. The Balaban J connectivity index is 2.25. The number of alkyl halides is 1. The van der Waals surface area contributed by atoms with E-state index >= 15 is 0 Å². The molecule has 5 nitrogen and oxygen atoms in total. The molecule has 0 bridgehead atoms. The summed E-state index contributed by atoms with van der Waals surface area (Å²) < 4.78 is 4.97. The molecule has 2 amide bonds. The number of hydrogen-bond acceptors (Lipinski definition) is 3. The molecule has 1 heterocycles. The zero-order chi connectivity index (χ0) is 14.3. The fourth-order valence-corrected chi connectivity index (χ4v) is 2.16. The number of nitrogens with one attached hydrogen (secondary N) is 1. The molecule has 0 saturated carbocycles. The minimum absolute atomic E-state index is 0.0955. The van der Waals surface area contributed by atoms with Gasteiger partial charge in [-0.05, 0) is 18.8 Å². The van der Waals surface area contributed by atoms with E-state index in [0.29, 0.717) is 31.3 Å². The molecule has 0 aromatic heterocycles. The zero-order valence-electron chi connectivity index (χ0n) is 11.7. The van der Waals surface area contributed by atoms with E-state index in [1.165, 1.54) is 0 Å². The lowest BCUT2D eigenvalue weighted by Gasteiger charge is -2.31. The quantitative estimate of drug-likeness (QED) is 0.788. The molecule has 1 fully saturated rings. The first-order valence-electron chi connectivity index (χ1n) is 6.80. The van der Waals surface area contributed by atoms with E-state index in [-0.39, 0.29) is 24.6 Å². The van der Waals surface area contributed by atoms with Gasteiger partial charge in [0.2, 0.25) is 5.91 Å². The molecule has 6 heteroatoms. The van der Waals surface area contributed by atoms with Crippen LogP contribution >= 0.6 is 11.6 Å². The maximum absolute atomic E-state index is 11.6. The maximum Gasteiger partial charge on any atom is 0.409 e. The topological polar surface area (TPSA) is 58.6 Å². The molecule has 0 aliphatic carbocycles. The summed E-state index contributed by atoms with van der Waals surface area (Å²) in [6.07, 6.45) is 1.80. The zero-order valence-corrected chi connectivity index (χ0v) is 12.4. The minimum atomic E-state index is -0.312. The predicted octanol–water partition coefficient (Wildman–Crippen LogP) is 1.99. The Labute approximate surface area is 119 Å². The summed E-state index contributed by atoms with van der Waals surface area (Å²) >= 11 is 5.46. The number of amides is 2. The second-order valence-electron chi connectivity index (χ2n) is 5.23. The van der Waals surface area contributed by atoms with Crippen LogP contribution in [0.1, 0.15) is 33.1 Å². The van der Waals surface area contributed by atoms with Crippen LogP contribution in [0.4, 0.5) is 4.79 Å². The van der Waals surface area contributed by atoms with Crippen LogP contribution in [0, 0.1) is 5.92 Å². The largest absolute Gasteiger partial charge is 0.448 e. The molecule has 1 rings (SSSR count). The fourth-order valence-electron chi connectivity index (χ4n) is 2.08. The minimum Gasteiger partial charge on any atom is -0.448 e. The Bertz CT molecular complexity index is 302. The highest BCUT2D eigenvalue weighted by atomic mass is 35.5. The third-order valence-electron chi connectivity index (χ3n) is 3.01. The van der Waals surface area contributed by atoms with Gasteiger partial charge in [0.15, 0.2) is 0 Å². The standard InChI is InChI=1S/C13H23ClN2O3/c1-10(2)9-12(17)15-11-3-6-16(7-4-11)13(18)19-8-5-14/h10-11H,3-9H2,1-2H3,(H,15,17). The van der Waals surface area contributed by atoms with Gasteiger partial charge in [0.05, 0.1) is 5.88 Å². The van der Waals surface area contributed by atoms with Crippen molar-refractivity contribution >= 4 is 23.6 Å². The Kier molecular flexibility index (Phi) is 6.99. The normalized spacial score (nSPS) is 16.5. The summed E-state index contributed by atoms with van der Waals surface area (Å²) in [5.41, 5.74) is 0. The summed E-state index contributed by atoms with van der Waals surface area (Å²) in [6.45, 7) is 5.52. The monoisotopic (exact) mass is 290 g/mol. The molecule has 0 atom stereocenters. The van der Waals surface area contributed by atoms with Gasteiger partial charge in [-0.1, -0.05) is 13.8 Å². The molecule has 0 aromatic carbocycles. The first-order chi connectivity index (χ1) is 9.02. The molecule has 1 aliphatic rings. The van der Waals surface area contributed by atoms with Crippen molar-refractivity contribution in [2.24, 2.45) is 5.92 Å². The van der Waals surface area contributed by atoms with Crippen LogP contribution in [-0.4, -0.2) is 48.5 Å². The molecule has 19 heavy (non-hydrogen) atoms. The molecular formula is C13H23ClN2O3. The Morgan fingerprint density at radius 2 is 2.00 bits per heavy atom. The number of piperidine rings is 1. The average Bonchev–Trinajstić information content (AvgIpc) is 2.35. The molecule has 1 N–H and O–H groups in total. The first kappa shape index (κ1) is 16.1. The van der Waals surface area contributed by atoms with Crippen molar-refractivity contribution in [1.82, 2.24) is 10.2 Å². The molecule has 0 spiro atoms. The number of likely N-dealkylation sites (tertiary alicyclic amines) is 1. The number of halogens is 1. The summed E-state index contributed by atoms with van der Waals surface area (Å²) in [6, 6.07) is 0.170. The first-order valence-corrected chi connectivity index (χ1v) is 7.33. The van der Waals surface area contributed by atoms with E-state index in [1.54, 1.807) is 4.90 Å². The molecule has 1 saturated heterocycles. The van der Waals surface area contributed by atoms with Gasteiger partial charge in [-0.25, -0.2) is 4.79 Å². The number of carbonyl (C=O) groups excluding carboxylic acids is 2. The van der Waals surface area contributed by atoms with E-state index in [4.69, 9.17) is 16.3 Å². The van der Waals surface area contributed by atoms with E-state index in [0.717, 1.165) is 12.8 Å². The van der Waals surface area contributed by atoms with Crippen molar-refractivity contribution < 1.29 is 14.3 Å².